The van der Waals surface area contributed by atoms with E-state index < -0.39 is 0 Å². The summed E-state index contributed by atoms with van der Waals surface area (Å²) in [6, 6.07) is 12.0. The van der Waals surface area contributed by atoms with Gasteiger partial charge in [0.25, 0.3) is 0 Å². The standard InChI is InChI=1S/C17H16N2O2.HI/c1-19-9-5-6-12(11-19)10-14-13-7-3-4-8-15(13)18-16(14)17(20)21-2;/h3-9,11H,10H2,1-2H3;1H. The zero-order valence-electron chi connectivity index (χ0n) is 12.5. The molecule has 114 valence electrons. The second-order valence-corrected chi connectivity index (χ2v) is 5.07. The quantitative estimate of drug-likeness (QED) is 0.357. The molecule has 0 saturated heterocycles. The van der Waals surface area contributed by atoms with E-state index in [-0.39, 0.29) is 29.9 Å². The van der Waals surface area contributed by atoms with E-state index in [9.17, 15) is 4.79 Å². The van der Waals surface area contributed by atoms with Gasteiger partial charge in [0.15, 0.2) is 12.4 Å². The van der Waals surface area contributed by atoms with Crippen molar-refractivity contribution in [3.8, 4) is 0 Å². The number of carbonyl (C=O) groups is 1. The molecule has 1 aromatic carbocycles. The molecule has 0 unspecified atom stereocenters. The molecule has 0 fully saturated rings. The number of aromatic nitrogens is 2. The van der Waals surface area contributed by atoms with Crippen molar-refractivity contribution in [1.29, 1.82) is 0 Å². The highest BCUT2D eigenvalue weighted by Crippen LogP contribution is 2.25. The van der Waals surface area contributed by atoms with Gasteiger partial charge in [-0.3, -0.25) is 0 Å². The zero-order valence-corrected chi connectivity index (χ0v) is 14.6. The topological polar surface area (TPSA) is 46.0 Å². The van der Waals surface area contributed by atoms with Crippen molar-refractivity contribution in [2.45, 2.75) is 6.42 Å². The SMILES string of the molecule is COC(=O)c1[nH]c2ccccc2c1Cc1ccc[n+](C)c1.[I-]. The number of H-pyrrole nitrogens is 1. The first-order valence-electron chi connectivity index (χ1n) is 6.81. The Hall–Kier alpha value is -1.89. The molecule has 2 heterocycles. The number of methoxy groups -OCH3 is 1. The molecule has 4 nitrogen and oxygen atoms in total. The second kappa shape index (κ2) is 6.91. The van der Waals surface area contributed by atoms with Crippen LogP contribution in [0.4, 0.5) is 0 Å². The van der Waals surface area contributed by atoms with E-state index in [0.717, 1.165) is 22.0 Å². The van der Waals surface area contributed by atoms with Gasteiger partial charge in [0, 0.05) is 29.0 Å². The van der Waals surface area contributed by atoms with Gasteiger partial charge in [0.05, 0.1) is 7.11 Å². The van der Waals surface area contributed by atoms with E-state index in [2.05, 4.69) is 17.2 Å². The van der Waals surface area contributed by atoms with Crippen LogP contribution in [-0.4, -0.2) is 18.1 Å². The van der Waals surface area contributed by atoms with Gasteiger partial charge in [-0.2, -0.15) is 0 Å². The lowest BCUT2D eigenvalue weighted by atomic mass is 10.0. The molecule has 0 aliphatic rings. The Balaban J connectivity index is 0.00000176. The molecule has 0 bridgehead atoms. The third-order valence-electron chi connectivity index (χ3n) is 3.59. The van der Waals surface area contributed by atoms with E-state index >= 15 is 0 Å². The maximum Gasteiger partial charge on any atom is 0.354 e. The molecule has 0 aliphatic heterocycles. The van der Waals surface area contributed by atoms with Crippen LogP contribution in [0, 0.1) is 0 Å². The predicted octanol–water partition coefficient (Wildman–Crippen LogP) is -0.626. The number of para-hydroxylation sites is 1. The fraction of sp³-hybridized carbons (Fsp3) is 0.176. The number of rotatable bonds is 3. The maximum atomic E-state index is 12.0. The van der Waals surface area contributed by atoms with Crippen molar-refractivity contribution in [2.75, 3.05) is 7.11 Å². The monoisotopic (exact) mass is 408 g/mol. The van der Waals surface area contributed by atoms with Gasteiger partial charge >= 0.3 is 5.97 Å². The molecule has 0 aliphatic carbocycles. The van der Waals surface area contributed by atoms with Gasteiger partial charge in [-0.15, -0.1) is 0 Å². The van der Waals surface area contributed by atoms with E-state index in [4.69, 9.17) is 4.74 Å². The zero-order chi connectivity index (χ0) is 14.8. The van der Waals surface area contributed by atoms with Crippen LogP contribution < -0.4 is 28.5 Å². The van der Waals surface area contributed by atoms with E-state index in [1.54, 1.807) is 0 Å². The number of aryl methyl sites for hydroxylation is 1. The van der Waals surface area contributed by atoms with Crippen molar-refractivity contribution in [2.24, 2.45) is 7.05 Å². The van der Waals surface area contributed by atoms with E-state index in [0.29, 0.717) is 12.1 Å². The van der Waals surface area contributed by atoms with Gasteiger partial charge < -0.3 is 33.7 Å². The van der Waals surface area contributed by atoms with Gasteiger partial charge in [-0.1, -0.05) is 18.2 Å². The van der Waals surface area contributed by atoms with Crippen molar-refractivity contribution < 1.29 is 38.1 Å². The van der Waals surface area contributed by atoms with Crippen LogP contribution in [0.3, 0.4) is 0 Å². The minimum Gasteiger partial charge on any atom is -1.00 e. The summed E-state index contributed by atoms with van der Waals surface area (Å²) < 4.78 is 6.89. The number of aromatic amines is 1. The molecule has 3 aromatic rings. The molecule has 5 heteroatoms. The Morgan fingerprint density at radius 2 is 2.00 bits per heavy atom. The van der Waals surface area contributed by atoms with Crippen molar-refractivity contribution >= 4 is 16.9 Å². The van der Waals surface area contributed by atoms with Crippen molar-refractivity contribution in [3.05, 3.63) is 65.6 Å². The third-order valence-corrected chi connectivity index (χ3v) is 3.59. The first-order valence-corrected chi connectivity index (χ1v) is 6.81. The highest BCUT2D eigenvalue weighted by molar-refractivity contribution is 5.98. The number of nitrogens with one attached hydrogen (secondary N) is 1. The molecule has 0 amide bonds. The van der Waals surface area contributed by atoms with E-state index in [1.165, 1.54) is 7.11 Å². The summed E-state index contributed by atoms with van der Waals surface area (Å²) in [7, 11) is 3.39. The highest BCUT2D eigenvalue weighted by Gasteiger charge is 2.18. The first-order chi connectivity index (χ1) is 10.2. The van der Waals surface area contributed by atoms with Gasteiger partial charge in [0.1, 0.15) is 12.7 Å². The van der Waals surface area contributed by atoms with E-state index in [1.807, 2.05) is 48.1 Å². The summed E-state index contributed by atoms with van der Waals surface area (Å²) in [4.78, 5) is 15.2. The summed E-state index contributed by atoms with van der Waals surface area (Å²) in [6.45, 7) is 0. The molecule has 3 rings (SSSR count). The number of nitrogens with zero attached hydrogens (tertiary/aromatic N) is 1. The maximum absolute atomic E-state index is 12.0. The number of pyridine rings is 1. The smallest absolute Gasteiger partial charge is 0.354 e. The fourth-order valence-electron chi connectivity index (χ4n) is 2.62. The first kappa shape index (κ1) is 16.5. The number of hydrogen-bond acceptors (Lipinski definition) is 2. The summed E-state index contributed by atoms with van der Waals surface area (Å²) in [5.74, 6) is -0.332. The van der Waals surface area contributed by atoms with Crippen LogP contribution in [0.25, 0.3) is 10.9 Å². The Bertz CT molecular complexity index is 811. The van der Waals surface area contributed by atoms with Crippen LogP contribution in [0.2, 0.25) is 0 Å². The number of fused-ring (bicyclic) bond motifs is 1. The Morgan fingerprint density at radius 1 is 1.23 bits per heavy atom. The molecule has 0 saturated carbocycles. The average molecular weight is 408 g/mol. The summed E-state index contributed by atoms with van der Waals surface area (Å²) in [5, 5.41) is 1.06. The molecular formula is C17H17IN2O2. The number of esters is 1. The minimum absolute atomic E-state index is 0. The molecule has 22 heavy (non-hydrogen) atoms. The Morgan fingerprint density at radius 3 is 2.73 bits per heavy atom. The van der Waals surface area contributed by atoms with Crippen molar-refractivity contribution in [3.63, 3.8) is 0 Å². The lowest BCUT2D eigenvalue weighted by molar-refractivity contribution is -0.671. The summed E-state index contributed by atoms with van der Waals surface area (Å²) in [5.41, 5.74) is 3.61. The highest BCUT2D eigenvalue weighted by atomic mass is 127. The predicted molar refractivity (Wildman–Crippen MR) is 80.1 cm³/mol. The molecule has 0 spiro atoms. The lowest BCUT2D eigenvalue weighted by Gasteiger charge is -2.03. The molecule has 1 N–H and O–H groups in total. The van der Waals surface area contributed by atoms with Crippen LogP contribution in [0.1, 0.15) is 21.6 Å². The second-order valence-electron chi connectivity index (χ2n) is 5.07. The largest absolute Gasteiger partial charge is 1.00 e. The molecule has 0 atom stereocenters. The van der Waals surface area contributed by atoms with Gasteiger partial charge in [-0.25, -0.2) is 9.36 Å². The number of halogens is 1. The minimum atomic E-state index is -0.332. The van der Waals surface area contributed by atoms with Crippen LogP contribution in [-0.2, 0) is 18.2 Å². The third kappa shape index (κ3) is 3.14. The molecular weight excluding hydrogens is 391 g/mol. The number of ether oxygens (including phenoxy) is 1. The molecule has 0 radical (unpaired) electrons. The lowest BCUT2D eigenvalue weighted by Crippen LogP contribution is -3.00. The Kier molecular flexibility index (Phi) is 5.18. The van der Waals surface area contributed by atoms with Crippen LogP contribution >= 0.6 is 0 Å². The number of hydrogen-bond donors (Lipinski definition) is 1. The van der Waals surface area contributed by atoms with Gasteiger partial charge in [0.2, 0.25) is 0 Å². The van der Waals surface area contributed by atoms with Crippen LogP contribution in [0.15, 0.2) is 48.8 Å². The normalized spacial score (nSPS) is 10.3. The summed E-state index contributed by atoms with van der Waals surface area (Å²) in [6.07, 6.45) is 4.73. The number of benzene rings is 1. The number of carbonyl (C=O) groups excluding carboxylic acids is 1. The van der Waals surface area contributed by atoms with Crippen molar-refractivity contribution in [1.82, 2.24) is 4.98 Å². The summed E-state index contributed by atoms with van der Waals surface area (Å²) >= 11 is 0. The van der Waals surface area contributed by atoms with Gasteiger partial charge in [-0.05, 0) is 17.7 Å². The molecule has 2 aromatic heterocycles. The Labute approximate surface area is 146 Å². The fourth-order valence-corrected chi connectivity index (χ4v) is 2.62. The average Bonchev–Trinajstić information content (AvgIpc) is 2.85. The van der Waals surface area contributed by atoms with Crippen LogP contribution in [0.5, 0.6) is 0 Å².